The van der Waals surface area contributed by atoms with Crippen molar-refractivity contribution < 1.29 is 4.79 Å². The van der Waals surface area contributed by atoms with Gasteiger partial charge in [0.1, 0.15) is 0 Å². The zero-order valence-electron chi connectivity index (χ0n) is 16.2. The Morgan fingerprint density at radius 3 is 2.62 bits per heavy atom. The van der Waals surface area contributed by atoms with Crippen molar-refractivity contribution in [3.05, 3.63) is 23.8 Å². The molecule has 0 radical (unpaired) electrons. The van der Waals surface area contributed by atoms with Gasteiger partial charge in [-0.2, -0.15) is 0 Å². The Morgan fingerprint density at radius 1 is 1.17 bits per heavy atom. The fraction of sp³-hybridized carbons (Fsp3) is 0.783. The highest BCUT2D eigenvalue weighted by atomic mass is 16.1. The summed E-state index contributed by atoms with van der Waals surface area (Å²) in [7, 11) is 0. The second-order valence-corrected chi connectivity index (χ2v) is 8.57. The molecule has 24 heavy (non-hydrogen) atoms. The lowest BCUT2D eigenvalue weighted by Gasteiger charge is -2.55. The largest absolute Gasteiger partial charge is 0.295 e. The van der Waals surface area contributed by atoms with E-state index in [1.165, 1.54) is 49.7 Å². The van der Waals surface area contributed by atoms with Gasteiger partial charge in [-0.15, -0.1) is 0 Å². The third-order valence-corrected chi connectivity index (χ3v) is 8.02. The summed E-state index contributed by atoms with van der Waals surface area (Å²) in [6.45, 7) is 13.5. The molecule has 0 spiro atoms. The molecule has 3 fully saturated rings. The van der Waals surface area contributed by atoms with Crippen LogP contribution in [0, 0.1) is 35.0 Å². The Labute approximate surface area is 149 Å². The summed E-state index contributed by atoms with van der Waals surface area (Å²) in [5.74, 6) is 4.33. The highest BCUT2D eigenvalue weighted by molar-refractivity contribution is 5.91. The quantitative estimate of drug-likeness (QED) is 0.513. The van der Waals surface area contributed by atoms with Gasteiger partial charge < -0.3 is 0 Å². The van der Waals surface area contributed by atoms with E-state index in [0.717, 1.165) is 30.6 Å². The second-order valence-electron chi connectivity index (χ2n) is 8.57. The zero-order chi connectivity index (χ0) is 17.5. The maximum absolute atomic E-state index is 11.8. The SMILES string of the molecule is C=C1CC2(CC)C(C)CCC2C2CCC3=CC(=O)CCC3C12.CC. The standard InChI is InChI=1S/C21H30O.C2H6/c1-4-21-12-13(2)20-17-9-7-16(22)11-15(17)6-8-18(20)19(21)10-5-14(21)3;1-2/h11,14,17-20H,2,4-10,12H2,1,3H3;1-2H3. The number of allylic oxidation sites excluding steroid dienone is 2. The number of carbonyl (C=O) groups excluding carboxylic acids is 1. The molecule has 6 unspecified atom stereocenters. The monoisotopic (exact) mass is 328 g/mol. The average molecular weight is 329 g/mol. The average Bonchev–Trinajstić information content (AvgIpc) is 2.93. The summed E-state index contributed by atoms with van der Waals surface area (Å²) < 4.78 is 0. The molecule has 0 aromatic heterocycles. The van der Waals surface area contributed by atoms with Crippen LogP contribution < -0.4 is 0 Å². The van der Waals surface area contributed by atoms with Gasteiger partial charge in [-0.3, -0.25) is 4.79 Å². The molecule has 1 heteroatoms. The first-order valence-corrected chi connectivity index (χ1v) is 10.5. The summed E-state index contributed by atoms with van der Waals surface area (Å²) in [5, 5.41) is 0. The van der Waals surface area contributed by atoms with Gasteiger partial charge in [0.05, 0.1) is 0 Å². The Hall–Kier alpha value is -0.850. The number of fused-ring (bicyclic) bond motifs is 5. The van der Waals surface area contributed by atoms with Crippen LogP contribution in [-0.2, 0) is 4.79 Å². The van der Waals surface area contributed by atoms with Crippen LogP contribution in [-0.4, -0.2) is 5.78 Å². The van der Waals surface area contributed by atoms with Gasteiger partial charge in [0.15, 0.2) is 5.78 Å². The molecule has 0 aromatic carbocycles. The van der Waals surface area contributed by atoms with E-state index < -0.39 is 0 Å². The van der Waals surface area contributed by atoms with Gasteiger partial charge in [-0.25, -0.2) is 0 Å². The Kier molecular flexibility index (Phi) is 5.09. The topological polar surface area (TPSA) is 17.1 Å². The lowest BCUT2D eigenvalue weighted by Crippen LogP contribution is -2.48. The van der Waals surface area contributed by atoms with Crippen LogP contribution in [0.15, 0.2) is 23.8 Å². The van der Waals surface area contributed by atoms with E-state index in [4.69, 9.17) is 0 Å². The predicted octanol–water partition coefficient (Wildman–Crippen LogP) is 6.35. The molecule has 0 saturated heterocycles. The van der Waals surface area contributed by atoms with E-state index in [9.17, 15) is 4.79 Å². The first-order chi connectivity index (χ1) is 11.6. The Balaban J connectivity index is 0.000000815. The van der Waals surface area contributed by atoms with Crippen molar-refractivity contribution >= 4 is 5.78 Å². The van der Waals surface area contributed by atoms with Gasteiger partial charge >= 0.3 is 0 Å². The molecule has 4 rings (SSSR count). The van der Waals surface area contributed by atoms with Gasteiger partial charge in [0.25, 0.3) is 0 Å². The van der Waals surface area contributed by atoms with E-state index in [1.807, 2.05) is 19.9 Å². The summed E-state index contributed by atoms with van der Waals surface area (Å²) in [6.07, 6.45) is 11.8. The predicted molar refractivity (Wildman–Crippen MR) is 102 cm³/mol. The van der Waals surface area contributed by atoms with E-state index in [0.29, 0.717) is 23.0 Å². The Bertz CT molecular complexity index is 542. The van der Waals surface area contributed by atoms with Crippen molar-refractivity contribution in [1.29, 1.82) is 0 Å². The maximum Gasteiger partial charge on any atom is 0.155 e. The van der Waals surface area contributed by atoms with Crippen LogP contribution in [0.2, 0.25) is 0 Å². The zero-order valence-corrected chi connectivity index (χ0v) is 16.2. The molecule has 3 saturated carbocycles. The summed E-state index contributed by atoms with van der Waals surface area (Å²) in [5.41, 5.74) is 3.54. The molecule has 0 amide bonds. The highest BCUT2D eigenvalue weighted by Crippen LogP contribution is 2.65. The van der Waals surface area contributed by atoms with Crippen molar-refractivity contribution in [1.82, 2.24) is 0 Å². The minimum atomic E-state index is 0.364. The molecule has 0 bridgehead atoms. The van der Waals surface area contributed by atoms with Crippen molar-refractivity contribution in [3.8, 4) is 0 Å². The van der Waals surface area contributed by atoms with E-state index in [-0.39, 0.29) is 0 Å². The molecule has 0 N–H and O–H groups in total. The van der Waals surface area contributed by atoms with E-state index in [2.05, 4.69) is 20.4 Å². The van der Waals surface area contributed by atoms with Crippen molar-refractivity contribution in [2.24, 2.45) is 35.0 Å². The first-order valence-electron chi connectivity index (χ1n) is 10.5. The molecular formula is C23H36O. The molecule has 0 heterocycles. The Morgan fingerprint density at radius 2 is 1.92 bits per heavy atom. The van der Waals surface area contributed by atoms with Crippen LogP contribution in [0.25, 0.3) is 0 Å². The van der Waals surface area contributed by atoms with Gasteiger partial charge in [0.2, 0.25) is 0 Å². The molecule has 4 aliphatic rings. The number of hydrogen-bond donors (Lipinski definition) is 0. The number of hydrogen-bond acceptors (Lipinski definition) is 1. The lowest BCUT2D eigenvalue weighted by molar-refractivity contribution is -0.115. The first kappa shape index (κ1) is 18.0. The summed E-state index contributed by atoms with van der Waals surface area (Å²) in [6, 6.07) is 0. The summed E-state index contributed by atoms with van der Waals surface area (Å²) in [4.78, 5) is 11.8. The van der Waals surface area contributed by atoms with Gasteiger partial charge in [-0.05, 0) is 86.0 Å². The maximum atomic E-state index is 11.8. The van der Waals surface area contributed by atoms with Gasteiger partial charge in [-0.1, -0.05) is 45.4 Å². The third kappa shape index (κ3) is 2.54. The second kappa shape index (κ2) is 6.81. The van der Waals surface area contributed by atoms with Crippen LogP contribution in [0.5, 0.6) is 0 Å². The van der Waals surface area contributed by atoms with Crippen LogP contribution in [0.1, 0.15) is 79.1 Å². The molecule has 0 aliphatic heterocycles. The molecule has 6 atom stereocenters. The number of carbonyl (C=O) groups is 1. The lowest BCUT2D eigenvalue weighted by atomic mass is 9.49. The smallest absolute Gasteiger partial charge is 0.155 e. The van der Waals surface area contributed by atoms with Crippen molar-refractivity contribution in [2.75, 3.05) is 0 Å². The number of ketones is 1. The van der Waals surface area contributed by atoms with Crippen molar-refractivity contribution in [2.45, 2.75) is 79.1 Å². The fourth-order valence-electron chi connectivity index (χ4n) is 6.98. The molecular weight excluding hydrogens is 292 g/mol. The third-order valence-electron chi connectivity index (χ3n) is 8.02. The number of rotatable bonds is 1. The van der Waals surface area contributed by atoms with E-state index >= 15 is 0 Å². The van der Waals surface area contributed by atoms with Crippen LogP contribution in [0.4, 0.5) is 0 Å². The van der Waals surface area contributed by atoms with Crippen LogP contribution in [0.3, 0.4) is 0 Å². The minimum Gasteiger partial charge on any atom is -0.295 e. The normalized spacial score (nSPS) is 43.8. The molecule has 0 aromatic rings. The molecule has 4 aliphatic carbocycles. The van der Waals surface area contributed by atoms with Gasteiger partial charge in [0, 0.05) is 6.42 Å². The minimum absolute atomic E-state index is 0.364. The van der Waals surface area contributed by atoms with Crippen LogP contribution >= 0.6 is 0 Å². The highest BCUT2D eigenvalue weighted by Gasteiger charge is 2.57. The molecule has 1 nitrogen and oxygen atoms in total. The fourth-order valence-corrected chi connectivity index (χ4v) is 6.98. The summed E-state index contributed by atoms with van der Waals surface area (Å²) >= 11 is 0. The van der Waals surface area contributed by atoms with E-state index in [1.54, 1.807) is 0 Å². The van der Waals surface area contributed by atoms with Crippen molar-refractivity contribution in [3.63, 3.8) is 0 Å². The molecule has 134 valence electrons.